The topological polar surface area (TPSA) is 85.4 Å². The van der Waals surface area contributed by atoms with E-state index in [2.05, 4.69) is 27.6 Å². The van der Waals surface area contributed by atoms with Crippen molar-refractivity contribution in [1.29, 1.82) is 0 Å². The lowest BCUT2D eigenvalue weighted by Gasteiger charge is -2.18. The molecule has 4 rings (SSSR count). The van der Waals surface area contributed by atoms with Crippen LogP contribution in [0.1, 0.15) is 27.2 Å². The van der Waals surface area contributed by atoms with Gasteiger partial charge in [-0.25, -0.2) is 9.78 Å². The van der Waals surface area contributed by atoms with Gasteiger partial charge in [0.05, 0.1) is 11.2 Å². The molecule has 0 atom stereocenters. The Morgan fingerprint density at radius 3 is 2.23 bits per heavy atom. The Balaban J connectivity index is 1.91. The van der Waals surface area contributed by atoms with Crippen molar-refractivity contribution in [3.05, 3.63) is 98.8 Å². The Labute approximate surface area is 187 Å². The van der Waals surface area contributed by atoms with E-state index < -0.39 is 5.97 Å². The van der Waals surface area contributed by atoms with Crippen molar-refractivity contribution >= 4 is 45.2 Å². The molecule has 0 saturated carbocycles. The Kier molecular flexibility index (Phi) is 5.85. The number of rotatable bonds is 6. The van der Waals surface area contributed by atoms with E-state index >= 15 is 0 Å². The van der Waals surface area contributed by atoms with Gasteiger partial charge in [0.15, 0.2) is 5.69 Å². The molecule has 0 amide bonds. The Morgan fingerprint density at radius 1 is 0.967 bits per heavy atom. The minimum atomic E-state index is -1.11. The summed E-state index contributed by atoms with van der Waals surface area (Å²) < 4.78 is 7.05. The van der Waals surface area contributed by atoms with Crippen LogP contribution in [0.4, 0.5) is 5.69 Å². The maximum atomic E-state index is 12.1. The van der Waals surface area contributed by atoms with Crippen LogP contribution in [-0.2, 0) is 13.0 Å². The van der Waals surface area contributed by atoms with E-state index in [1.165, 1.54) is 0 Å². The minimum absolute atomic E-state index is 0.0388. The summed E-state index contributed by atoms with van der Waals surface area (Å²) in [7, 11) is 0. The van der Waals surface area contributed by atoms with E-state index in [0.717, 1.165) is 14.7 Å². The van der Waals surface area contributed by atoms with Crippen LogP contribution in [0.25, 0.3) is 10.9 Å². The number of benzene rings is 3. The number of aromatic carboxylic acids is 1. The molecule has 0 bridgehead atoms. The third kappa shape index (κ3) is 4.09. The molecule has 6 heteroatoms. The zero-order valence-electron chi connectivity index (χ0n) is 16.0. The molecule has 0 aliphatic carbocycles. The highest BCUT2D eigenvalue weighted by Gasteiger charge is 2.23. The number of fused-ring (bicyclic) bond motifs is 1. The summed E-state index contributed by atoms with van der Waals surface area (Å²) in [5.41, 5.74) is 9.61. The van der Waals surface area contributed by atoms with Crippen LogP contribution >= 0.6 is 22.6 Å². The summed E-state index contributed by atoms with van der Waals surface area (Å²) in [6.45, 7) is 0.312. The van der Waals surface area contributed by atoms with Crippen LogP contribution in [0, 0.1) is 3.57 Å². The number of pyridine rings is 1. The smallest absolute Gasteiger partial charge is 0.354 e. The quantitative estimate of drug-likeness (QED) is 0.272. The van der Waals surface area contributed by atoms with Gasteiger partial charge in [0.1, 0.15) is 12.4 Å². The van der Waals surface area contributed by atoms with Crippen LogP contribution in [0.5, 0.6) is 5.75 Å². The van der Waals surface area contributed by atoms with Gasteiger partial charge in [-0.2, -0.15) is 0 Å². The molecule has 0 spiro atoms. The summed E-state index contributed by atoms with van der Waals surface area (Å²) in [5.74, 6) is -0.598. The standard InChI is InChI=1S/C24H19IN2O3/c25-19-12-11-17-21(20(19)26)27-22(24(28)29)18(13-15-7-3-1-4-8-15)23(17)30-14-16-9-5-2-6-10-16/h1-12H,13-14,26H2,(H,28,29). The van der Waals surface area contributed by atoms with Crippen molar-refractivity contribution in [2.75, 3.05) is 5.73 Å². The largest absolute Gasteiger partial charge is 0.488 e. The van der Waals surface area contributed by atoms with Gasteiger partial charge in [-0.3, -0.25) is 0 Å². The molecule has 150 valence electrons. The fourth-order valence-electron chi connectivity index (χ4n) is 3.37. The number of hydrogen-bond donors (Lipinski definition) is 2. The predicted molar refractivity (Wildman–Crippen MR) is 126 cm³/mol. The molecule has 30 heavy (non-hydrogen) atoms. The third-order valence-electron chi connectivity index (χ3n) is 4.84. The van der Waals surface area contributed by atoms with Crippen molar-refractivity contribution in [1.82, 2.24) is 4.98 Å². The van der Waals surface area contributed by atoms with E-state index in [1.54, 1.807) is 0 Å². The van der Waals surface area contributed by atoms with Crippen LogP contribution < -0.4 is 10.5 Å². The lowest BCUT2D eigenvalue weighted by Crippen LogP contribution is -2.11. The van der Waals surface area contributed by atoms with Crippen molar-refractivity contribution in [3.63, 3.8) is 0 Å². The number of halogens is 1. The number of nitrogen functional groups attached to an aromatic ring is 1. The lowest BCUT2D eigenvalue weighted by atomic mass is 9.99. The average Bonchev–Trinajstić information content (AvgIpc) is 2.76. The molecule has 1 heterocycles. The van der Waals surface area contributed by atoms with Gasteiger partial charge >= 0.3 is 5.97 Å². The number of carbonyl (C=O) groups is 1. The fraction of sp³-hybridized carbons (Fsp3) is 0.0833. The number of hydrogen-bond acceptors (Lipinski definition) is 4. The normalized spacial score (nSPS) is 10.8. The van der Waals surface area contributed by atoms with Crippen molar-refractivity contribution in [2.24, 2.45) is 0 Å². The van der Waals surface area contributed by atoms with Crippen LogP contribution in [0.15, 0.2) is 72.8 Å². The number of ether oxygens (including phenoxy) is 1. The second-order valence-corrected chi connectivity index (χ2v) is 8.03. The molecule has 3 aromatic carbocycles. The van der Waals surface area contributed by atoms with E-state index in [9.17, 15) is 9.90 Å². The van der Waals surface area contributed by atoms with Gasteiger partial charge < -0.3 is 15.6 Å². The molecule has 1 aromatic heterocycles. The second-order valence-electron chi connectivity index (χ2n) is 6.87. The van der Waals surface area contributed by atoms with Crippen LogP contribution in [-0.4, -0.2) is 16.1 Å². The highest BCUT2D eigenvalue weighted by Crippen LogP contribution is 2.37. The first kappa shape index (κ1) is 20.2. The monoisotopic (exact) mass is 510 g/mol. The molecule has 5 nitrogen and oxygen atoms in total. The van der Waals surface area contributed by atoms with Gasteiger partial charge in [0, 0.05) is 20.9 Å². The zero-order chi connectivity index (χ0) is 21.1. The van der Waals surface area contributed by atoms with Crippen molar-refractivity contribution < 1.29 is 14.6 Å². The van der Waals surface area contributed by atoms with Crippen LogP contribution in [0.3, 0.4) is 0 Å². The van der Waals surface area contributed by atoms with E-state index in [4.69, 9.17) is 10.5 Å². The molecule has 0 fully saturated rings. The third-order valence-corrected chi connectivity index (χ3v) is 5.79. The maximum Gasteiger partial charge on any atom is 0.354 e. The lowest BCUT2D eigenvalue weighted by molar-refractivity contribution is 0.0689. The molecule has 0 saturated heterocycles. The molecular weight excluding hydrogens is 491 g/mol. The van der Waals surface area contributed by atoms with E-state index in [1.807, 2.05) is 72.8 Å². The minimum Gasteiger partial charge on any atom is -0.488 e. The SMILES string of the molecule is Nc1c(I)ccc2c(OCc3ccccc3)c(Cc3ccccc3)c(C(=O)O)nc12. The summed E-state index contributed by atoms with van der Waals surface area (Å²) in [6, 6.07) is 23.2. The first-order valence-electron chi connectivity index (χ1n) is 9.39. The van der Waals surface area contributed by atoms with Gasteiger partial charge in [-0.15, -0.1) is 0 Å². The van der Waals surface area contributed by atoms with Gasteiger partial charge in [0.25, 0.3) is 0 Å². The van der Waals surface area contributed by atoms with Crippen LogP contribution in [0.2, 0.25) is 0 Å². The number of carboxylic acid groups (broad SMARTS) is 1. The number of aromatic nitrogens is 1. The summed E-state index contributed by atoms with van der Waals surface area (Å²) in [4.78, 5) is 16.6. The first-order valence-corrected chi connectivity index (χ1v) is 10.5. The summed E-state index contributed by atoms with van der Waals surface area (Å²) in [6.07, 6.45) is 0.390. The Bertz CT molecular complexity index is 1210. The maximum absolute atomic E-state index is 12.1. The predicted octanol–water partition coefficient (Wildman–Crippen LogP) is 5.29. The van der Waals surface area contributed by atoms with Crippen molar-refractivity contribution in [3.8, 4) is 5.75 Å². The molecule has 0 aliphatic heterocycles. The molecule has 4 aromatic rings. The number of nitrogens with zero attached hydrogens (tertiary/aromatic N) is 1. The molecule has 3 N–H and O–H groups in total. The fourth-order valence-corrected chi connectivity index (χ4v) is 3.81. The Morgan fingerprint density at radius 2 is 1.60 bits per heavy atom. The average molecular weight is 510 g/mol. The van der Waals surface area contributed by atoms with Gasteiger partial charge in [-0.05, 0) is 45.9 Å². The number of anilines is 1. The number of nitrogens with two attached hydrogens (primary N) is 1. The molecular formula is C24H19IN2O3. The molecule has 0 unspecified atom stereocenters. The van der Waals surface area contributed by atoms with Gasteiger partial charge in [0.2, 0.25) is 0 Å². The zero-order valence-corrected chi connectivity index (χ0v) is 18.2. The Hall–Kier alpha value is -3.13. The van der Waals surface area contributed by atoms with E-state index in [-0.39, 0.29) is 5.69 Å². The number of carboxylic acids is 1. The summed E-state index contributed by atoms with van der Waals surface area (Å²) in [5, 5.41) is 10.6. The molecule has 0 aliphatic rings. The first-order chi connectivity index (χ1) is 14.5. The molecule has 0 radical (unpaired) electrons. The highest BCUT2D eigenvalue weighted by atomic mass is 127. The summed E-state index contributed by atoms with van der Waals surface area (Å²) >= 11 is 2.12. The van der Waals surface area contributed by atoms with Gasteiger partial charge in [-0.1, -0.05) is 60.7 Å². The second kappa shape index (κ2) is 8.71. The van der Waals surface area contributed by atoms with E-state index in [0.29, 0.717) is 40.9 Å². The van der Waals surface area contributed by atoms with Crippen molar-refractivity contribution in [2.45, 2.75) is 13.0 Å². The highest BCUT2D eigenvalue weighted by molar-refractivity contribution is 14.1.